The third-order valence-corrected chi connectivity index (χ3v) is 3.90. The first-order valence-corrected chi connectivity index (χ1v) is 6.65. The summed E-state index contributed by atoms with van der Waals surface area (Å²) in [6.45, 7) is 1.89. The summed E-state index contributed by atoms with van der Waals surface area (Å²) in [6, 6.07) is 12.9. The van der Waals surface area contributed by atoms with Gasteiger partial charge in [0.25, 0.3) is 0 Å². The SMILES string of the molecule is COc1ccc(C2(C)OC(=O)c3ccc(OC)cc32)cc1. The van der Waals surface area contributed by atoms with E-state index >= 15 is 0 Å². The Morgan fingerprint density at radius 3 is 2.19 bits per heavy atom. The van der Waals surface area contributed by atoms with Crippen molar-refractivity contribution in [2.24, 2.45) is 0 Å². The molecule has 0 saturated heterocycles. The molecule has 1 heterocycles. The molecule has 1 atom stereocenters. The number of hydrogen-bond donors (Lipinski definition) is 0. The smallest absolute Gasteiger partial charge is 0.339 e. The summed E-state index contributed by atoms with van der Waals surface area (Å²) in [7, 11) is 3.22. The maximum atomic E-state index is 12.1. The number of ether oxygens (including phenoxy) is 3. The van der Waals surface area contributed by atoms with Crippen LogP contribution in [0.5, 0.6) is 11.5 Å². The molecule has 4 heteroatoms. The van der Waals surface area contributed by atoms with E-state index in [4.69, 9.17) is 14.2 Å². The quantitative estimate of drug-likeness (QED) is 0.812. The van der Waals surface area contributed by atoms with Crippen molar-refractivity contribution in [2.45, 2.75) is 12.5 Å². The lowest BCUT2D eigenvalue weighted by molar-refractivity contribution is 0.0180. The lowest BCUT2D eigenvalue weighted by Crippen LogP contribution is -2.23. The zero-order valence-electron chi connectivity index (χ0n) is 12.2. The Kier molecular flexibility index (Phi) is 3.09. The molecular weight excluding hydrogens is 268 g/mol. The van der Waals surface area contributed by atoms with E-state index in [9.17, 15) is 4.79 Å². The number of carbonyl (C=O) groups excluding carboxylic acids is 1. The number of cyclic esters (lactones) is 1. The Balaban J connectivity index is 2.12. The highest BCUT2D eigenvalue weighted by Gasteiger charge is 2.43. The normalized spacial score (nSPS) is 19.9. The van der Waals surface area contributed by atoms with Gasteiger partial charge in [0.2, 0.25) is 0 Å². The zero-order chi connectivity index (χ0) is 15.0. The first-order valence-electron chi connectivity index (χ1n) is 6.65. The number of fused-ring (bicyclic) bond motifs is 1. The van der Waals surface area contributed by atoms with Crippen molar-refractivity contribution in [3.8, 4) is 11.5 Å². The van der Waals surface area contributed by atoms with Gasteiger partial charge in [-0.05, 0) is 37.3 Å². The number of esters is 1. The summed E-state index contributed by atoms with van der Waals surface area (Å²) >= 11 is 0. The van der Waals surface area contributed by atoms with E-state index in [0.29, 0.717) is 11.3 Å². The van der Waals surface area contributed by atoms with Gasteiger partial charge in [-0.1, -0.05) is 12.1 Å². The van der Waals surface area contributed by atoms with Gasteiger partial charge < -0.3 is 14.2 Å². The standard InChI is InChI=1S/C17H16O4/c1-17(11-4-6-12(19-2)7-5-11)15-10-13(20-3)8-9-14(15)16(18)21-17/h4-10H,1-3H3. The highest BCUT2D eigenvalue weighted by molar-refractivity contribution is 5.95. The number of methoxy groups -OCH3 is 2. The van der Waals surface area contributed by atoms with Gasteiger partial charge in [-0.25, -0.2) is 4.79 Å². The van der Waals surface area contributed by atoms with Crippen molar-refractivity contribution in [2.75, 3.05) is 14.2 Å². The number of benzene rings is 2. The third kappa shape index (κ3) is 2.03. The van der Waals surface area contributed by atoms with Crippen LogP contribution in [0.1, 0.15) is 28.4 Å². The Morgan fingerprint density at radius 1 is 0.952 bits per heavy atom. The van der Waals surface area contributed by atoms with Crippen LogP contribution in [0.15, 0.2) is 42.5 Å². The fourth-order valence-corrected chi connectivity index (χ4v) is 2.64. The molecule has 21 heavy (non-hydrogen) atoms. The van der Waals surface area contributed by atoms with Gasteiger partial charge in [0.1, 0.15) is 11.5 Å². The average molecular weight is 284 g/mol. The Bertz CT molecular complexity index is 690. The van der Waals surface area contributed by atoms with E-state index in [1.165, 1.54) is 0 Å². The lowest BCUT2D eigenvalue weighted by atomic mass is 9.87. The molecule has 1 aliphatic rings. The monoisotopic (exact) mass is 284 g/mol. The molecule has 0 aromatic heterocycles. The maximum Gasteiger partial charge on any atom is 0.339 e. The summed E-state index contributed by atoms with van der Waals surface area (Å²) < 4.78 is 16.1. The van der Waals surface area contributed by atoms with Gasteiger partial charge in [-0.2, -0.15) is 0 Å². The zero-order valence-corrected chi connectivity index (χ0v) is 12.2. The van der Waals surface area contributed by atoms with E-state index in [0.717, 1.165) is 16.9 Å². The summed E-state index contributed by atoms with van der Waals surface area (Å²) in [5.41, 5.74) is 1.47. The van der Waals surface area contributed by atoms with Crippen molar-refractivity contribution in [1.29, 1.82) is 0 Å². The van der Waals surface area contributed by atoms with E-state index in [1.54, 1.807) is 26.4 Å². The van der Waals surface area contributed by atoms with Crippen LogP contribution in [-0.4, -0.2) is 20.2 Å². The van der Waals surface area contributed by atoms with Crippen LogP contribution in [0.4, 0.5) is 0 Å². The minimum absolute atomic E-state index is 0.314. The minimum atomic E-state index is -0.812. The largest absolute Gasteiger partial charge is 0.497 e. The molecule has 108 valence electrons. The van der Waals surface area contributed by atoms with Crippen LogP contribution in [0.25, 0.3) is 0 Å². The van der Waals surface area contributed by atoms with Crippen molar-refractivity contribution in [1.82, 2.24) is 0 Å². The molecule has 2 aromatic rings. The van der Waals surface area contributed by atoms with Gasteiger partial charge in [0.15, 0.2) is 5.60 Å². The molecule has 0 fully saturated rings. The van der Waals surface area contributed by atoms with Crippen LogP contribution in [0, 0.1) is 0 Å². The summed E-state index contributed by atoms with van der Waals surface area (Å²) in [6.07, 6.45) is 0. The predicted octanol–water partition coefficient (Wildman–Crippen LogP) is 3.14. The second-order valence-corrected chi connectivity index (χ2v) is 5.06. The molecule has 0 aliphatic carbocycles. The minimum Gasteiger partial charge on any atom is -0.497 e. The van der Waals surface area contributed by atoms with Crippen molar-refractivity contribution in [3.63, 3.8) is 0 Å². The highest BCUT2D eigenvalue weighted by atomic mass is 16.6. The predicted molar refractivity (Wildman–Crippen MR) is 77.9 cm³/mol. The van der Waals surface area contributed by atoms with Gasteiger partial charge in [-0.3, -0.25) is 0 Å². The molecule has 0 radical (unpaired) electrons. The first kappa shape index (κ1) is 13.5. The average Bonchev–Trinajstić information content (AvgIpc) is 2.79. The first-order chi connectivity index (χ1) is 10.1. The van der Waals surface area contributed by atoms with E-state index < -0.39 is 5.60 Å². The van der Waals surface area contributed by atoms with Gasteiger partial charge in [0, 0.05) is 11.1 Å². The van der Waals surface area contributed by atoms with Gasteiger partial charge in [0.05, 0.1) is 19.8 Å². The Hall–Kier alpha value is -2.49. The van der Waals surface area contributed by atoms with Crippen LogP contribution in [0.3, 0.4) is 0 Å². The topological polar surface area (TPSA) is 44.8 Å². The van der Waals surface area contributed by atoms with Gasteiger partial charge in [-0.15, -0.1) is 0 Å². The van der Waals surface area contributed by atoms with E-state index in [-0.39, 0.29) is 5.97 Å². The van der Waals surface area contributed by atoms with Crippen LogP contribution < -0.4 is 9.47 Å². The fraction of sp³-hybridized carbons (Fsp3) is 0.235. The van der Waals surface area contributed by atoms with Crippen LogP contribution >= 0.6 is 0 Å². The highest BCUT2D eigenvalue weighted by Crippen LogP contribution is 2.43. The fourth-order valence-electron chi connectivity index (χ4n) is 2.64. The van der Waals surface area contributed by atoms with Crippen LogP contribution in [0.2, 0.25) is 0 Å². The molecule has 0 amide bonds. The van der Waals surface area contributed by atoms with Gasteiger partial charge >= 0.3 is 5.97 Å². The molecule has 4 nitrogen and oxygen atoms in total. The molecule has 1 aliphatic heterocycles. The van der Waals surface area contributed by atoms with Crippen LogP contribution in [-0.2, 0) is 10.3 Å². The maximum absolute atomic E-state index is 12.1. The lowest BCUT2D eigenvalue weighted by Gasteiger charge is -2.25. The second-order valence-electron chi connectivity index (χ2n) is 5.06. The molecule has 0 saturated carbocycles. The number of rotatable bonds is 3. The van der Waals surface area contributed by atoms with Crippen molar-refractivity contribution < 1.29 is 19.0 Å². The summed E-state index contributed by atoms with van der Waals surface area (Å²) in [4.78, 5) is 12.1. The van der Waals surface area contributed by atoms with E-state index in [2.05, 4.69) is 0 Å². The van der Waals surface area contributed by atoms with Crippen molar-refractivity contribution in [3.05, 3.63) is 59.2 Å². The molecule has 2 aromatic carbocycles. The number of hydrogen-bond acceptors (Lipinski definition) is 4. The Labute approximate surface area is 123 Å². The Morgan fingerprint density at radius 2 is 1.57 bits per heavy atom. The molecule has 3 rings (SSSR count). The third-order valence-electron chi connectivity index (χ3n) is 3.90. The summed E-state index contributed by atoms with van der Waals surface area (Å²) in [5, 5.41) is 0. The van der Waals surface area contributed by atoms with E-state index in [1.807, 2.05) is 37.3 Å². The molecule has 0 bridgehead atoms. The van der Waals surface area contributed by atoms with Crippen molar-refractivity contribution >= 4 is 5.97 Å². The molecular formula is C17H16O4. The summed E-state index contributed by atoms with van der Waals surface area (Å²) in [5.74, 6) is 1.15. The molecule has 0 spiro atoms. The second kappa shape index (κ2) is 4.81. The molecule has 1 unspecified atom stereocenters. The number of carbonyl (C=O) groups is 1. The molecule has 0 N–H and O–H groups in total.